The van der Waals surface area contributed by atoms with Crippen molar-refractivity contribution in [3.8, 4) is 0 Å². The second-order valence-corrected chi connectivity index (χ2v) is 10.5. The molecule has 2 saturated heterocycles. The Kier molecular flexibility index (Phi) is 8.63. The van der Waals surface area contributed by atoms with Gasteiger partial charge in [0.25, 0.3) is 0 Å². The topological polar surface area (TPSA) is 83.0 Å². The molecule has 2 heterocycles. The summed E-state index contributed by atoms with van der Waals surface area (Å²) >= 11 is 0. The van der Waals surface area contributed by atoms with Gasteiger partial charge in [0.15, 0.2) is 15.8 Å². The van der Waals surface area contributed by atoms with Crippen LogP contribution >= 0.6 is 24.0 Å². The van der Waals surface area contributed by atoms with Crippen LogP contribution in [0.1, 0.15) is 44.9 Å². The van der Waals surface area contributed by atoms with E-state index in [1.54, 1.807) is 7.05 Å². The van der Waals surface area contributed by atoms with Gasteiger partial charge < -0.3 is 15.4 Å². The van der Waals surface area contributed by atoms with Crippen LogP contribution in [0.5, 0.6) is 0 Å². The Morgan fingerprint density at radius 3 is 2.48 bits per heavy atom. The van der Waals surface area contributed by atoms with Gasteiger partial charge >= 0.3 is 0 Å². The second kappa shape index (κ2) is 10.1. The normalized spacial score (nSPS) is 27.3. The van der Waals surface area contributed by atoms with E-state index in [0.717, 1.165) is 25.6 Å². The molecular formula is C18H35IN4O3S. The number of halogens is 1. The summed E-state index contributed by atoms with van der Waals surface area (Å²) in [5.41, 5.74) is 0. The molecule has 0 spiro atoms. The molecular weight excluding hydrogens is 479 g/mol. The molecule has 0 aromatic heterocycles. The molecule has 0 radical (unpaired) electrons. The Balaban J connectivity index is 0.00000261. The molecule has 7 nitrogen and oxygen atoms in total. The molecule has 0 bridgehead atoms. The first-order chi connectivity index (χ1) is 12.4. The van der Waals surface area contributed by atoms with Crippen molar-refractivity contribution in [2.24, 2.45) is 4.99 Å². The van der Waals surface area contributed by atoms with E-state index in [4.69, 9.17) is 4.74 Å². The average Bonchev–Trinajstić information content (AvgIpc) is 3.30. The molecule has 158 valence electrons. The lowest BCUT2D eigenvalue weighted by Gasteiger charge is -2.36. The van der Waals surface area contributed by atoms with Crippen LogP contribution in [0.2, 0.25) is 0 Å². The number of likely N-dealkylation sites (tertiary alicyclic amines) is 1. The molecule has 2 N–H and O–H groups in total. The van der Waals surface area contributed by atoms with Crippen molar-refractivity contribution < 1.29 is 13.2 Å². The standard InChI is InChI=1S/C18H34N4O3S.HI/c1-19-17(20-14-18(26(2,23)24)8-11-25-12-9-18)21-15-7-10-22(13-15)16-5-3-4-6-16;/h15-16H,3-14H2,1-2H3,(H2,19,20,21);1H. The van der Waals surface area contributed by atoms with Crippen LogP contribution in [0.25, 0.3) is 0 Å². The molecule has 3 aliphatic rings. The molecule has 0 aromatic carbocycles. The van der Waals surface area contributed by atoms with E-state index in [2.05, 4.69) is 20.5 Å². The quantitative estimate of drug-likeness (QED) is 0.328. The van der Waals surface area contributed by atoms with Crippen LogP contribution in [0.4, 0.5) is 0 Å². The Morgan fingerprint density at radius 2 is 1.89 bits per heavy atom. The summed E-state index contributed by atoms with van der Waals surface area (Å²) in [7, 11) is -1.43. The highest BCUT2D eigenvalue weighted by Crippen LogP contribution is 2.29. The molecule has 0 aromatic rings. The van der Waals surface area contributed by atoms with Crippen LogP contribution in [0.3, 0.4) is 0 Å². The van der Waals surface area contributed by atoms with Crippen LogP contribution in [-0.4, -0.2) is 82.3 Å². The van der Waals surface area contributed by atoms with E-state index >= 15 is 0 Å². The van der Waals surface area contributed by atoms with E-state index < -0.39 is 14.6 Å². The first kappa shape index (κ1) is 23.2. The monoisotopic (exact) mass is 514 g/mol. The van der Waals surface area contributed by atoms with E-state index in [-0.39, 0.29) is 24.0 Å². The third-order valence-electron chi connectivity index (χ3n) is 6.39. The number of nitrogens with one attached hydrogen (secondary N) is 2. The molecule has 3 fully saturated rings. The summed E-state index contributed by atoms with van der Waals surface area (Å²) in [6, 6.07) is 1.14. The third kappa shape index (κ3) is 5.70. The number of guanidine groups is 1. The highest BCUT2D eigenvalue weighted by molar-refractivity contribution is 14.0. The summed E-state index contributed by atoms with van der Waals surface area (Å²) < 4.78 is 29.4. The number of hydrogen-bond acceptors (Lipinski definition) is 5. The minimum Gasteiger partial charge on any atom is -0.381 e. The van der Waals surface area contributed by atoms with Gasteiger partial charge in [0.2, 0.25) is 0 Å². The maximum atomic E-state index is 12.4. The average molecular weight is 514 g/mol. The van der Waals surface area contributed by atoms with Crippen molar-refractivity contribution in [2.45, 2.75) is 61.8 Å². The minimum absolute atomic E-state index is 0. The largest absolute Gasteiger partial charge is 0.381 e. The SMILES string of the molecule is CN=C(NCC1(S(C)(=O)=O)CCOCC1)NC1CCN(C2CCCC2)C1.I. The fourth-order valence-corrected chi connectivity index (χ4v) is 5.80. The van der Waals surface area contributed by atoms with Crippen LogP contribution < -0.4 is 10.6 Å². The van der Waals surface area contributed by atoms with Gasteiger partial charge in [0.1, 0.15) is 0 Å². The van der Waals surface area contributed by atoms with E-state index in [1.165, 1.54) is 31.9 Å². The van der Waals surface area contributed by atoms with E-state index in [9.17, 15) is 8.42 Å². The lowest BCUT2D eigenvalue weighted by molar-refractivity contribution is 0.0756. The number of nitrogens with zero attached hydrogens (tertiary/aromatic N) is 2. The zero-order valence-electron chi connectivity index (χ0n) is 16.6. The Morgan fingerprint density at radius 1 is 1.22 bits per heavy atom. The van der Waals surface area contributed by atoms with Gasteiger partial charge in [-0.3, -0.25) is 9.89 Å². The Hall–Kier alpha value is -0.130. The number of ether oxygens (including phenoxy) is 1. The minimum atomic E-state index is -3.17. The zero-order valence-corrected chi connectivity index (χ0v) is 19.7. The molecule has 3 rings (SSSR count). The van der Waals surface area contributed by atoms with Gasteiger partial charge in [-0.1, -0.05) is 12.8 Å². The Bertz CT molecular complexity index is 602. The molecule has 1 unspecified atom stereocenters. The number of aliphatic imine (C=N–C) groups is 1. The van der Waals surface area contributed by atoms with Crippen LogP contribution in [0, 0.1) is 0 Å². The highest BCUT2D eigenvalue weighted by Gasteiger charge is 2.42. The van der Waals surface area contributed by atoms with E-state index in [1.807, 2.05) is 0 Å². The first-order valence-corrected chi connectivity index (χ1v) is 11.8. The molecule has 2 aliphatic heterocycles. The maximum absolute atomic E-state index is 12.4. The summed E-state index contributed by atoms with van der Waals surface area (Å²) in [6.45, 7) is 3.58. The van der Waals surface area contributed by atoms with Crippen molar-refractivity contribution in [3.05, 3.63) is 0 Å². The van der Waals surface area contributed by atoms with Gasteiger partial charge in [-0.2, -0.15) is 0 Å². The number of rotatable bonds is 5. The van der Waals surface area contributed by atoms with Crippen LogP contribution in [-0.2, 0) is 14.6 Å². The summed E-state index contributed by atoms with van der Waals surface area (Å²) in [6.07, 6.45) is 8.91. The summed E-state index contributed by atoms with van der Waals surface area (Å²) in [4.78, 5) is 6.93. The van der Waals surface area contributed by atoms with Gasteiger partial charge in [-0.25, -0.2) is 8.42 Å². The maximum Gasteiger partial charge on any atom is 0.191 e. The smallest absolute Gasteiger partial charge is 0.191 e. The van der Waals surface area contributed by atoms with Crippen molar-refractivity contribution >= 4 is 39.8 Å². The number of sulfone groups is 1. The van der Waals surface area contributed by atoms with Gasteiger partial charge in [-0.05, 0) is 32.1 Å². The summed E-state index contributed by atoms with van der Waals surface area (Å²) in [5.74, 6) is 0.706. The number of hydrogen-bond donors (Lipinski definition) is 2. The Labute approximate surface area is 181 Å². The van der Waals surface area contributed by atoms with Crippen molar-refractivity contribution in [1.29, 1.82) is 0 Å². The van der Waals surface area contributed by atoms with Gasteiger partial charge in [0, 0.05) is 58.2 Å². The predicted molar refractivity (Wildman–Crippen MR) is 120 cm³/mol. The van der Waals surface area contributed by atoms with E-state index in [0.29, 0.717) is 44.6 Å². The molecule has 27 heavy (non-hydrogen) atoms. The first-order valence-electron chi connectivity index (χ1n) is 9.92. The molecule has 1 saturated carbocycles. The zero-order chi connectivity index (χ0) is 18.6. The second-order valence-electron chi connectivity index (χ2n) is 8.06. The molecule has 1 aliphatic carbocycles. The predicted octanol–water partition coefficient (Wildman–Crippen LogP) is 1.38. The van der Waals surface area contributed by atoms with Crippen molar-refractivity contribution in [2.75, 3.05) is 46.2 Å². The fraction of sp³-hybridized carbons (Fsp3) is 0.944. The van der Waals surface area contributed by atoms with Crippen molar-refractivity contribution in [3.63, 3.8) is 0 Å². The molecule has 1 atom stereocenters. The third-order valence-corrected chi connectivity index (χ3v) is 8.52. The van der Waals surface area contributed by atoms with Crippen LogP contribution in [0.15, 0.2) is 4.99 Å². The summed E-state index contributed by atoms with van der Waals surface area (Å²) in [5, 5.41) is 6.78. The van der Waals surface area contributed by atoms with Gasteiger partial charge in [0.05, 0.1) is 4.75 Å². The lowest BCUT2D eigenvalue weighted by atomic mass is 9.99. The lowest BCUT2D eigenvalue weighted by Crippen LogP contribution is -2.55. The van der Waals surface area contributed by atoms with Gasteiger partial charge in [-0.15, -0.1) is 24.0 Å². The van der Waals surface area contributed by atoms with Crippen molar-refractivity contribution in [1.82, 2.24) is 15.5 Å². The fourth-order valence-electron chi connectivity index (χ4n) is 4.56. The molecule has 0 amide bonds. The highest BCUT2D eigenvalue weighted by atomic mass is 127. The molecule has 9 heteroatoms.